The molecule has 23 heavy (non-hydrogen) atoms. The largest absolute Gasteiger partial charge is 0.250 e. The molecule has 0 atom stereocenters. The maximum Gasteiger partial charge on any atom is 0.216 e. The maximum atomic E-state index is 6.25. The molecular formula is C16H12Cl2N4S. The number of hydrogen-bond donors (Lipinski definition) is 1. The van der Waals surface area contributed by atoms with Crippen molar-refractivity contribution in [3.8, 4) is 11.4 Å². The van der Waals surface area contributed by atoms with Crippen LogP contribution in [-0.4, -0.2) is 21.1 Å². The predicted molar refractivity (Wildman–Crippen MR) is 97.0 cm³/mol. The smallest absolute Gasteiger partial charge is 0.216 e. The van der Waals surface area contributed by atoms with Crippen LogP contribution >= 0.6 is 35.4 Å². The number of hydrogen-bond acceptors (Lipinski definition) is 3. The van der Waals surface area contributed by atoms with Crippen molar-refractivity contribution in [3.05, 3.63) is 68.4 Å². The van der Waals surface area contributed by atoms with Gasteiger partial charge < -0.3 is 0 Å². The number of benzene rings is 2. The van der Waals surface area contributed by atoms with Gasteiger partial charge in [0.15, 0.2) is 5.82 Å². The Balaban J connectivity index is 2.04. The molecule has 1 N–H and O–H groups in total. The maximum absolute atomic E-state index is 6.25. The molecule has 0 aliphatic carbocycles. The minimum Gasteiger partial charge on any atom is -0.250 e. The van der Waals surface area contributed by atoms with Gasteiger partial charge in [-0.2, -0.15) is 14.9 Å². The van der Waals surface area contributed by atoms with Gasteiger partial charge >= 0.3 is 0 Å². The van der Waals surface area contributed by atoms with E-state index in [9.17, 15) is 0 Å². The quantitative estimate of drug-likeness (QED) is 0.520. The molecule has 116 valence electrons. The first-order valence-corrected chi connectivity index (χ1v) is 7.95. The third-order valence-electron chi connectivity index (χ3n) is 3.19. The van der Waals surface area contributed by atoms with E-state index in [4.69, 9.17) is 35.4 Å². The lowest BCUT2D eigenvalue weighted by molar-refractivity contribution is 0.871. The van der Waals surface area contributed by atoms with Gasteiger partial charge in [-0.1, -0.05) is 53.0 Å². The lowest BCUT2D eigenvalue weighted by Gasteiger charge is -2.04. The molecule has 0 unspecified atom stereocenters. The van der Waals surface area contributed by atoms with Crippen molar-refractivity contribution in [2.24, 2.45) is 5.10 Å². The summed E-state index contributed by atoms with van der Waals surface area (Å²) in [5.41, 5.74) is 2.83. The highest BCUT2D eigenvalue weighted by molar-refractivity contribution is 7.71. The number of halogens is 2. The number of H-pyrrole nitrogens is 1. The van der Waals surface area contributed by atoms with Crippen LogP contribution in [-0.2, 0) is 0 Å². The summed E-state index contributed by atoms with van der Waals surface area (Å²) in [6, 6.07) is 13.2. The highest BCUT2D eigenvalue weighted by Gasteiger charge is 2.12. The van der Waals surface area contributed by atoms with Crippen molar-refractivity contribution in [2.75, 3.05) is 0 Å². The molecule has 3 rings (SSSR count). The molecule has 0 saturated heterocycles. The third kappa shape index (κ3) is 3.52. The van der Waals surface area contributed by atoms with E-state index < -0.39 is 0 Å². The van der Waals surface area contributed by atoms with Gasteiger partial charge in [0.2, 0.25) is 4.77 Å². The molecule has 1 aromatic heterocycles. The number of aromatic nitrogens is 3. The fourth-order valence-corrected chi connectivity index (χ4v) is 2.79. The van der Waals surface area contributed by atoms with E-state index in [1.54, 1.807) is 24.4 Å². The van der Waals surface area contributed by atoms with Crippen molar-refractivity contribution in [2.45, 2.75) is 6.92 Å². The zero-order valence-electron chi connectivity index (χ0n) is 12.1. The molecule has 0 saturated carbocycles. The summed E-state index contributed by atoms with van der Waals surface area (Å²) in [6.07, 6.45) is 1.73. The Labute approximate surface area is 148 Å². The molecular weight excluding hydrogens is 351 g/mol. The van der Waals surface area contributed by atoms with E-state index in [0.29, 0.717) is 26.2 Å². The van der Waals surface area contributed by atoms with Gasteiger partial charge in [0.1, 0.15) is 0 Å². The summed E-state index contributed by atoms with van der Waals surface area (Å²) in [5.74, 6) is 0.528. The molecule has 0 amide bonds. The van der Waals surface area contributed by atoms with Crippen LogP contribution in [0.5, 0.6) is 0 Å². The topological polar surface area (TPSA) is 46.0 Å². The molecule has 0 aliphatic rings. The van der Waals surface area contributed by atoms with Crippen molar-refractivity contribution < 1.29 is 0 Å². The third-order valence-corrected chi connectivity index (χ3v) is 4.00. The Kier molecular flexibility index (Phi) is 4.61. The second kappa shape index (κ2) is 6.66. The molecule has 4 nitrogen and oxygen atoms in total. The van der Waals surface area contributed by atoms with Crippen LogP contribution in [0.25, 0.3) is 11.4 Å². The molecule has 2 aromatic carbocycles. The molecule has 0 fully saturated rings. The van der Waals surface area contributed by atoms with E-state index in [-0.39, 0.29) is 0 Å². The van der Waals surface area contributed by atoms with Gasteiger partial charge in [-0.3, -0.25) is 0 Å². The first kappa shape index (κ1) is 15.9. The second-order valence-corrected chi connectivity index (χ2v) is 6.18. The number of rotatable bonds is 3. The first-order chi connectivity index (χ1) is 11.0. The van der Waals surface area contributed by atoms with Crippen LogP contribution in [0.3, 0.4) is 0 Å². The lowest BCUT2D eigenvalue weighted by atomic mass is 10.2. The van der Waals surface area contributed by atoms with Crippen LogP contribution in [0.15, 0.2) is 47.6 Å². The molecule has 0 spiro atoms. The normalized spacial score (nSPS) is 11.3. The molecule has 3 aromatic rings. The molecule has 0 bridgehead atoms. The summed E-state index contributed by atoms with van der Waals surface area (Å²) < 4.78 is 1.92. The summed E-state index contributed by atoms with van der Waals surface area (Å²) in [5, 5.41) is 12.4. The Morgan fingerprint density at radius 1 is 1.22 bits per heavy atom. The number of nitrogens with one attached hydrogen (secondary N) is 1. The Hall–Kier alpha value is -1.95. The van der Waals surface area contributed by atoms with Gasteiger partial charge in [0.05, 0.1) is 11.2 Å². The van der Waals surface area contributed by atoms with E-state index in [0.717, 1.165) is 11.1 Å². The Morgan fingerprint density at radius 3 is 2.78 bits per heavy atom. The summed E-state index contributed by atoms with van der Waals surface area (Å²) in [4.78, 5) is 0. The highest BCUT2D eigenvalue weighted by Crippen LogP contribution is 2.29. The fraction of sp³-hybridized carbons (Fsp3) is 0.0625. The average molecular weight is 363 g/mol. The molecule has 0 radical (unpaired) electrons. The van der Waals surface area contributed by atoms with Crippen molar-refractivity contribution >= 4 is 41.6 Å². The van der Waals surface area contributed by atoms with E-state index in [1.807, 2.05) is 31.2 Å². The van der Waals surface area contributed by atoms with Crippen LogP contribution in [0.1, 0.15) is 11.1 Å². The minimum absolute atomic E-state index is 0.384. The average Bonchev–Trinajstić information content (AvgIpc) is 2.86. The van der Waals surface area contributed by atoms with Gasteiger partial charge in [0.25, 0.3) is 0 Å². The monoisotopic (exact) mass is 362 g/mol. The second-order valence-electron chi connectivity index (χ2n) is 4.95. The van der Waals surface area contributed by atoms with Crippen molar-refractivity contribution in [1.29, 1.82) is 0 Å². The first-order valence-electron chi connectivity index (χ1n) is 6.78. The standard InChI is InChI=1S/C16H12Cl2N4S/c1-10-3-2-4-11(7-10)9-19-22-15(20-21-16(22)23)13-6-5-12(17)8-14(13)18/h2-9H,1H3,(H,21,23)/b19-9+. The van der Waals surface area contributed by atoms with Crippen LogP contribution < -0.4 is 0 Å². The predicted octanol–water partition coefficient (Wildman–Crippen LogP) is 5.11. The summed E-state index contributed by atoms with van der Waals surface area (Å²) >= 11 is 17.4. The van der Waals surface area contributed by atoms with Crippen LogP contribution in [0, 0.1) is 11.7 Å². The Morgan fingerprint density at radius 2 is 2.04 bits per heavy atom. The Bertz CT molecular complexity index is 943. The fourth-order valence-electron chi connectivity index (χ4n) is 2.12. The number of nitrogens with zero attached hydrogens (tertiary/aromatic N) is 3. The summed E-state index contributed by atoms with van der Waals surface area (Å²) in [6.45, 7) is 2.03. The van der Waals surface area contributed by atoms with Crippen molar-refractivity contribution in [3.63, 3.8) is 0 Å². The number of aryl methyl sites for hydroxylation is 1. The van der Waals surface area contributed by atoms with Gasteiger partial charge in [-0.25, -0.2) is 5.10 Å². The lowest BCUT2D eigenvalue weighted by Crippen LogP contribution is -1.95. The zero-order chi connectivity index (χ0) is 16.4. The van der Waals surface area contributed by atoms with E-state index in [1.165, 1.54) is 4.68 Å². The minimum atomic E-state index is 0.384. The van der Waals surface area contributed by atoms with E-state index >= 15 is 0 Å². The van der Waals surface area contributed by atoms with Gasteiger partial charge in [-0.05, 0) is 42.9 Å². The van der Waals surface area contributed by atoms with Crippen LogP contribution in [0.2, 0.25) is 10.0 Å². The van der Waals surface area contributed by atoms with Gasteiger partial charge in [0, 0.05) is 10.6 Å². The van der Waals surface area contributed by atoms with Crippen LogP contribution in [0.4, 0.5) is 0 Å². The number of aromatic amines is 1. The SMILES string of the molecule is Cc1cccc(/C=N/n2c(-c3ccc(Cl)cc3Cl)n[nH]c2=S)c1. The highest BCUT2D eigenvalue weighted by atomic mass is 35.5. The van der Waals surface area contributed by atoms with Crippen molar-refractivity contribution in [1.82, 2.24) is 14.9 Å². The van der Waals surface area contributed by atoms with Gasteiger partial charge in [-0.15, -0.1) is 0 Å². The molecule has 7 heteroatoms. The molecule has 1 heterocycles. The van der Waals surface area contributed by atoms with E-state index in [2.05, 4.69) is 15.3 Å². The summed E-state index contributed by atoms with van der Waals surface area (Å²) in [7, 11) is 0. The zero-order valence-corrected chi connectivity index (χ0v) is 14.5. The molecule has 0 aliphatic heterocycles.